The van der Waals surface area contributed by atoms with Crippen molar-refractivity contribution in [3.05, 3.63) is 77.6 Å². The van der Waals surface area contributed by atoms with Crippen molar-refractivity contribution in [2.45, 2.75) is 12.7 Å². The van der Waals surface area contributed by atoms with Crippen LogP contribution in [0.2, 0.25) is 0 Å². The maximum absolute atomic E-state index is 13.1. The summed E-state index contributed by atoms with van der Waals surface area (Å²) in [4.78, 5) is 19.4. The molecule has 1 aromatic heterocycles. The molecule has 7 heteroatoms. The summed E-state index contributed by atoms with van der Waals surface area (Å²) in [5.74, 6) is 1.50. The summed E-state index contributed by atoms with van der Waals surface area (Å²) in [6.45, 7) is 0.456. The number of nitrogens with zero attached hydrogens (tertiary/aromatic N) is 2. The van der Waals surface area contributed by atoms with Gasteiger partial charge in [-0.1, -0.05) is 30.3 Å². The molecule has 0 unspecified atom stereocenters. The molecule has 0 saturated heterocycles. The van der Waals surface area contributed by atoms with E-state index in [0.717, 1.165) is 11.3 Å². The van der Waals surface area contributed by atoms with Crippen LogP contribution in [0.4, 0.5) is 5.69 Å². The van der Waals surface area contributed by atoms with Crippen molar-refractivity contribution in [1.82, 2.24) is 9.88 Å². The van der Waals surface area contributed by atoms with E-state index in [-0.39, 0.29) is 5.91 Å². The highest BCUT2D eigenvalue weighted by molar-refractivity contribution is 5.99. The molecular weight excluding hydrogens is 382 g/mol. The van der Waals surface area contributed by atoms with Crippen molar-refractivity contribution >= 4 is 11.6 Å². The number of aromatic nitrogens is 1. The zero-order valence-electron chi connectivity index (χ0n) is 17.1. The average Bonchev–Trinajstić information content (AvgIpc) is 3.05. The standard InChI is InChI=1S/C23H23N3O4/c1-28-18-12-16(13-19(29-2)21(18)30-3)25-22-20-17(10-7-11-24-20)23(27)26(22)14-15-8-5-4-6-9-15/h4-13,22,25H,14H2,1-3H3/t22-/m1/s1. The van der Waals surface area contributed by atoms with E-state index >= 15 is 0 Å². The highest BCUT2D eigenvalue weighted by atomic mass is 16.5. The van der Waals surface area contributed by atoms with Gasteiger partial charge in [-0.25, -0.2) is 0 Å². The van der Waals surface area contributed by atoms with Crippen LogP contribution in [-0.4, -0.2) is 37.1 Å². The lowest BCUT2D eigenvalue weighted by molar-refractivity contribution is 0.0727. The Kier molecular flexibility index (Phi) is 5.43. The number of carbonyl (C=O) groups excluding carboxylic acids is 1. The molecule has 0 radical (unpaired) electrons. The number of fused-ring (bicyclic) bond motifs is 1. The van der Waals surface area contributed by atoms with Crippen LogP contribution >= 0.6 is 0 Å². The number of hydrogen-bond acceptors (Lipinski definition) is 6. The van der Waals surface area contributed by atoms with Gasteiger partial charge in [0, 0.05) is 30.6 Å². The van der Waals surface area contributed by atoms with E-state index in [1.807, 2.05) is 42.5 Å². The molecule has 2 heterocycles. The van der Waals surface area contributed by atoms with Crippen molar-refractivity contribution in [2.24, 2.45) is 0 Å². The van der Waals surface area contributed by atoms with Crippen molar-refractivity contribution in [1.29, 1.82) is 0 Å². The van der Waals surface area contributed by atoms with E-state index in [9.17, 15) is 4.79 Å². The molecule has 1 aliphatic heterocycles. The van der Waals surface area contributed by atoms with Crippen LogP contribution < -0.4 is 19.5 Å². The molecule has 0 fully saturated rings. The maximum atomic E-state index is 13.1. The predicted molar refractivity (Wildman–Crippen MR) is 113 cm³/mol. The Labute approximate surface area is 175 Å². The molecule has 0 saturated carbocycles. The molecule has 1 N–H and O–H groups in total. The minimum Gasteiger partial charge on any atom is -0.493 e. The molecule has 4 rings (SSSR count). The minimum atomic E-state index is -0.434. The first-order valence-corrected chi connectivity index (χ1v) is 9.52. The molecular formula is C23H23N3O4. The molecule has 7 nitrogen and oxygen atoms in total. The SMILES string of the molecule is COc1cc(N[C@H]2c3ncccc3C(=O)N2Cc2ccccc2)cc(OC)c1OC. The Bertz CT molecular complexity index is 1030. The van der Waals surface area contributed by atoms with Gasteiger partial charge >= 0.3 is 0 Å². The first kappa shape index (κ1) is 19.6. The number of rotatable bonds is 7. The topological polar surface area (TPSA) is 72.9 Å². The Balaban J connectivity index is 1.72. The first-order chi connectivity index (χ1) is 14.7. The third-order valence-corrected chi connectivity index (χ3v) is 5.06. The van der Waals surface area contributed by atoms with Gasteiger partial charge in [0.15, 0.2) is 11.5 Å². The fourth-order valence-corrected chi connectivity index (χ4v) is 3.65. The van der Waals surface area contributed by atoms with Crippen molar-refractivity contribution in [3.63, 3.8) is 0 Å². The summed E-state index contributed by atoms with van der Waals surface area (Å²) in [6.07, 6.45) is 1.26. The number of anilines is 1. The van der Waals surface area contributed by atoms with Crippen molar-refractivity contribution in [3.8, 4) is 17.2 Å². The summed E-state index contributed by atoms with van der Waals surface area (Å²) in [5, 5.41) is 3.43. The van der Waals surface area contributed by atoms with Crippen molar-refractivity contribution in [2.75, 3.05) is 26.6 Å². The Hall–Kier alpha value is -3.74. The van der Waals surface area contributed by atoms with Crippen LogP contribution in [0.1, 0.15) is 27.8 Å². The number of ether oxygens (including phenoxy) is 3. The van der Waals surface area contributed by atoms with Gasteiger partial charge in [-0.3, -0.25) is 9.78 Å². The number of benzene rings is 2. The van der Waals surface area contributed by atoms with E-state index in [4.69, 9.17) is 14.2 Å². The Morgan fingerprint density at radius 1 is 0.967 bits per heavy atom. The van der Waals surface area contributed by atoms with Crippen LogP contribution in [0.3, 0.4) is 0 Å². The van der Waals surface area contributed by atoms with Gasteiger partial charge in [-0.05, 0) is 17.7 Å². The summed E-state index contributed by atoms with van der Waals surface area (Å²) >= 11 is 0. The van der Waals surface area contributed by atoms with E-state index in [0.29, 0.717) is 35.1 Å². The normalized spacial score (nSPS) is 15.0. The van der Waals surface area contributed by atoms with Gasteiger partial charge < -0.3 is 24.4 Å². The number of nitrogens with one attached hydrogen (secondary N) is 1. The maximum Gasteiger partial charge on any atom is 0.258 e. The van der Waals surface area contributed by atoms with Gasteiger partial charge in [0.25, 0.3) is 5.91 Å². The van der Waals surface area contributed by atoms with E-state index in [1.54, 1.807) is 44.6 Å². The second-order valence-corrected chi connectivity index (χ2v) is 6.82. The molecule has 0 bridgehead atoms. The zero-order valence-corrected chi connectivity index (χ0v) is 17.1. The molecule has 1 aliphatic rings. The van der Waals surface area contributed by atoms with Gasteiger partial charge in [-0.2, -0.15) is 0 Å². The lowest BCUT2D eigenvalue weighted by Crippen LogP contribution is -2.32. The van der Waals surface area contributed by atoms with Crippen LogP contribution in [-0.2, 0) is 6.54 Å². The van der Waals surface area contributed by atoms with Crippen LogP contribution in [0.5, 0.6) is 17.2 Å². The average molecular weight is 405 g/mol. The monoisotopic (exact) mass is 405 g/mol. The number of amides is 1. The number of carbonyl (C=O) groups is 1. The molecule has 3 aromatic rings. The van der Waals surface area contributed by atoms with Gasteiger partial charge in [0.2, 0.25) is 5.75 Å². The predicted octanol–water partition coefficient (Wildman–Crippen LogP) is 3.87. The second-order valence-electron chi connectivity index (χ2n) is 6.82. The van der Waals surface area contributed by atoms with Crippen LogP contribution in [0.15, 0.2) is 60.8 Å². The number of methoxy groups -OCH3 is 3. The largest absolute Gasteiger partial charge is 0.493 e. The summed E-state index contributed by atoms with van der Waals surface area (Å²) in [7, 11) is 4.70. The highest BCUT2D eigenvalue weighted by Crippen LogP contribution is 2.42. The van der Waals surface area contributed by atoms with Gasteiger partial charge in [0.05, 0.1) is 32.6 Å². The first-order valence-electron chi connectivity index (χ1n) is 9.52. The second kappa shape index (κ2) is 8.32. The molecule has 1 atom stereocenters. The lowest BCUT2D eigenvalue weighted by atomic mass is 10.2. The van der Waals surface area contributed by atoms with Crippen molar-refractivity contribution < 1.29 is 19.0 Å². The Morgan fingerprint density at radius 2 is 1.67 bits per heavy atom. The summed E-state index contributed by atoms with van der Waals surface area (Å²) < 4.78 is 16.3. The van der Waals surface area contributed by atoms with E-state index in [1.165, 1.54) is 0 Å². The van der Waals surface area contributed by atoms with Gasteiger partial charge in [0.1, 0.15) is 6.17 Å². The zero-order chi connectivity index (χ0) is 21.1. The Morgan fingerprint density at radius 3 is 2.30 bits per heavy atom. The molecule has 2 aromatic carbocycles. The fourth-order valence-electron chi connectivity index (χ4n) is 3.65. The molecule has 1 amide bonds. The molecule has 0 aliphatic carbocycles. The molecule has 0 spiro atoms. The summed E-state index contributed by atoms with van der Waals surface area (Å²) in [6, 6.07) is 17.1. The smallest absolute Gasteiger partial charge is 0.258 e. The van der Waals surface area contributed by atoms with E-state index < -0.39 is 6.17 Å². The minimum absolute atomic E-state index is 0.0631. The quantitative estimate of drug-likeness (QED) is 0.643. The third kappa shape index (κ3) is 3.50. The van der Waals surface area contributed by atoms with Gasteiger partial charge in [-0.15, -0.1) is 0 Å². The third-order valence-electron chi connectivity index (χ3n) is 5.06. The lowest BCUT2D eigenvalue weighted by Gasteiger charge is -2.27. The number of hydrogen-bond donors (Lipinski definition) is 1. The van der Waals surface area contributed by atoms with Crippen LogP contribution in [0, 0.1) is 0 Å². The molecule has 154 valence electrons. The number of pyridine rings is 1. The fraction of sp³-hybridized carbons (Fsp3) is 0.217. The highest BCUT2D eigenvalue weighted by Gasteiger charge is 2.38. The summed E-state index contributed by atoms with van der Waals surface area (Å²) in [5.41, 5.74) is 3.04. The van der Waals surface area contributed by atoms with Crippen LogP contribution in [0.25, 0.3) is 0 Å². The van der Waals surface area contributed by atoms with E-state index in [2.05, 4.69) is 10.3 Å². The molecule has 30 heavy (non-hydrogen) atoms.